The third kappa shape index (κ3) is 2.61. The van der Waals surface area contributed by atoms with E-state index in [4.69, 9.17) is 9.47 Å². The minimum Gasteiger partial charge on any atom is -0.382 e. The summed E-state index contributed by atoms with van der Waals surface area (Å²) in [5.74, 6) is 0.592. The number of rotatable bonds is 3. The molecule has 0 spiro atoms. The lowest BCUT2D eigenvalue weighted by Crippen LogP contribution is -2.30. The summed E-state index contributed by atoms with van der Waals surface area (Å²) in [7, 11) is 1.70. The fraction of sp³-hybridized carbons (Fsp3) is 0.800. The molecule has 1 aliphatic heterocycles. The summed E-state index contributed by atoms with van der Waals surface area (Å²) in [6, 6.07) is 0. The van der Waals surface area contributed by atoms with E-state index in [2.05, 4.69) is 26.0 Å². The van der Waals surface area contributed by atoms with E-state index < -0.39 is 0 Å². The van der Waals surface area contributed by atoms with Crippen LogP contribution in [0.15, 0.2) is 12.2 Å². The van der Waals surface area contributed by atoms with Crippen molar-refractivity contribution in [3.8, 4) is 0 Å². The summed E-state index contributed by atoms with van der Waals surface area (Å²) >= 11 is 0. The SMILES string of the molecule is COC[C@H]1C=CC[C@@H](C(C)C)O1. The van der Waals surface area contributed by atoms with E-state index >= 15 is 0 Å². The first-order valence-corrected chi connectivity index (χ1v) is 4.55. The number of ether oxygens (including phenoxy) is 2. The lowest BCUT2D eigenvalue weighted by molar-refractivity contribution is -0.0488. The molecule has 2 heteroatoms. The van der Waals surface area contributed by atoms with Gasteiger partial charge in [0, 0.05) is 7.11 Å². The Labute approximate surface area is 74.6 Å². The third-order valence-corrected chi connectivity index (χ3v) is 2.14. The number of methoxy groups -OCH3 is 1. The van der Waals surface area contributed by atoms with Crippen LogP contribution in [-0.2, 0) is 9.47 Å². The lowest BCUT2D eigenvalue weighted by atomic mass is 10.0. The molecule has 2 nitrogen and oxygen atoms in total. The standard InChI is InChI=1S/C10H18O2/c1-8(2)10-6-4-5-9(12-10)7-11-3/h4-5,8-10H,6-7H2,1-3H3/t9-,10+/m1/s1. The molecule has 2 atom stereocenters. The van der Waals surface area contributed by atoms with Crippen molar-refractivity contribution in [3.63, 3.8) is 0 Å². The van der Waals surface area contributed by atoms with Gasteiger partial charge in [0.25, 0.3) is 0 Å². The van der Waals surface area contributed by atoms with Crippen LogP contribution in [-0.4, -0.2) is 25.9 Å². The van der Waals surface area contributed by atoms with Crippen molar-refractivity contribution in [2.24, 2.45) is 5.92 Å². The van der Waals surface area contributed by atoms with Gasteiger partial charge in [-0.2, -0.15) is 0 Å². The Hall–Kier alpha value is -0.340. The average Bonchev–Trinajstić information content (AvgIpc) is 2.05. The molecule has 0 N–H and O–H groups in total. The molecule has 0 aromatic heterocycles. The Kier molecular flexibility index (Phi) is 3.76. The van der Waals surface area contributed by atoms with Gasteiger partial charge >= 0.3 is 0 Å². The molecule has 1 heterocycles. The minimum atomic E-state index is 0.163. The van der Waals surface area contributed by atoms with Gasteiger partial charge in [-0.05, 0) is 12.3 Å². The maximum Gasteiger partial charge on any atom is 0.0993 e. The molecule has 0 amide bonds. The van der Waals surface area contributed by atoms with Gasteiger partial charge in [-0.15, -0.1) is 0 Å². The Morgan fingerprint density at radius 2 is 2.33 bits per heavy atom. The predicted molar refractivity (Wildman–Crippen MR) is 49.1 cm³/mol. The van der Waals surface area contributed by atoms with Gasteiger partial charge in [0.2, 0.25) is 0 Å². The van der Waals surface area contributed by atoms with Crippen LogP contribution in [0.25, 0.3) is 0 Å². The van der Waals surface area contributed by atoms with Crippen LogP contribution in [0.2, 0.25) is 0 Å². The Morgan fingerprint density at radius 3 is 2.92 bits per heavy atom. The number of hydrogen-bond acceptors (Lipinski definition) is 2. The molecule has 0 unspecified atom stereocenters. The second-order valence-corrected chi connectivity index (χ2v) is 3.58. The van der Waals surface area contributed by atoms with Crippen LogP contribution < -0.4 is 0 Å². The van der Waals surface area contributed by atoms with Crippen LogP contribution >= 0.6 is 0 Å². The van der Waals surface area contributed by atoms with Gasteiger partial charge in [0.05, 0.1) is 18.8 Å². The van der Waals surface area contributed by atoms with E-state index in [9.17, 15) is 0 Å². The maximum atomic E-state index is 5.78. The van der Waals surface area contributed by atoms with Gasteiger partial charge in [0.15, 0.2) is 0 Å². The van der Waals surface area contributed by atoms with Crippen LogP contribution in [0.5, 0.6) is 0 Å². The molecule has 0 saturated carbocycles. The topological polar surface area (TPSA) is 18.5 Å². The predicted octanol–water partition coefficient (Wildman–Crippen LogP) is 2.00. The monoisotopic (exact) mass is 170 g/mol. The Bertz CT molecular complexity index is 152. The first kappa shape index (κ1) is 9.75. The molecule has 0 saturated heterocycles. The van der Waals surface area contributed by atoms with Gasteiger partial charge in [-0.25, -0.2) is 0 Å². The molecular weight excluding hydrogens is 152 g/mol. The molecule has 0 fully saturated rings. The van der Waals surface area contributed by atoms with Crippen molar-refractivity contribution in [3.05, 3.63) is 12.2 Å². The smallest absolute Gasteiger partial charge is 0.0993 e. The van der Waals surface area contributed by atoms with Crippen molar-refractivity contribution in [1.29, 1.82) is 0 Å². The normalized spacial score (nSPS) is 29.7. The van der Waals surface area contributed by atoms with Crippen molar-refractivity contribution < 1.29 is 9.47 Å². The molecular formula is C10H18O2. The van der Waals surface area contributed by atoms with Gasteiger partial charge in [-0.1, -0.05) is 26.0 Å². The van der Waals surface area contributed by atoms with Gasteiger partial charge in [-0.3, -0.25) is 0 Å². The zero-order valence-electron chi connectivity index (χ0n) is 8.12. The van der Waals surface area contributed by atoms with Crippen molar-refractivity contribution >= 4 is 0 Å². The average molecular weight is 170 g/mol. The van der Waals surface area contributed by atoms with Gasteiger partial charge < -0.3 is 9.47 Å². The Balaban J connectivity index is 2.40. The largest absolute Gasteiger partial charge is 0.382 e. The first-order chi connectivity index (χ1) is 5.74. The summed E-state index contributed by atoms with van der Waals surface area (Å²) in [4.78, 5) is 0. The highest BCUT2D eigenvalue weighted by atomic mass is 16.5. The second-order valence-electron chi connectivity index (χ2n) is 3.58. The molecule has 1 aliphatic rings. The van der Waals surface area contributed by atoms with Crippen LogP contribution in [0.4, 0.5) is 0 Å². The zero-order chi connectivity index (χ0) is 8.97. The molecule has 0 aromatic carbocycles. The van der Waals surface area contributed by atoms with Crippen LogP contribution in [0.1, 0.15) is 20.3 Å². The van der Waals surface area contributed by atoms with Crippen LogP contribution in [0.3, 0.4) is 0 Å². The van der Waals surface area contributed by atoms with E-state index in [0.717, 1.165) is 6.42 Å². The molecule has 0 radical (unpaired) electrons. The molecule has 0 aromatic rings. The molecule has 70 valence electrons. The van der Waals surface area contributed by atoms with Crippen molar-refractivity contribution in [1.82, 2.24) is 0 Å². The van der Waals surface area contributed by atoms with E-state index in [0.29, 0.717) is 18.6 Å². The van der Waals surface area contributed by atoms with E-state index in [1.54, 1.807) is 7.11 Å². The van der Waals surface area contributed by atoms with E-state index in [1.165, 1.54) is 0 Å². The molecule has 1 rings (SSSR count). The fourth-order valence-corrected chi connectivity index (χ4v) is 1.38. The summed E-state index contributed by atoms with van der Waals surface area (Å²) < 4.78 is 10.8. The highest BCUT2D eigenvalue weighted by Crippen LogP contribution is 2.18. The Morgan fingerprint density at radius 1 is 1.58 bits per heavy atom. The lowest BCUT2D eigenvalue weighted by Gasteiger charge is -2.28. The van der Waals surface area contributed by atoms with Crippen molar-refractivity contribution in [2.45, 2.75) is 32.5 Å². The fourth-order valence-electron chi connectivity index (χ4n) is 1.38. The zero-order valence-corrected chi connectivity index (χ0v) is 8.12. The summed E-state index contributed by atoms with van der Waals surface area (Å²) in [6.07, 6.45) is 5.85. The summed E-state index contributed by atoms with van der Waals surface area (Å²) in [5, 5.41) is 0. The molecule has 0 bridgehead atoms. The molecule has 12 heavy (non-hydrogen) atoms. The highest BCUT2D eigenvalue weighted by Gasteiger charge is 2.20. The maximum absolute atomic E-state index is 5.78. The summed E-state index contributed by atoms with van der Waals surface area (Å²) in [5.41, 5.74) is 0. The minimum absolute atomic E-state index is 0.163. The number of hydrogen-bond donors (Lipinski definition) is 0. The third-order valence-electron chi connectivity index (χ3n) is 2.14. The van der Waals surface area contributed by atoms with Crippen molar-refractivity contribution in [2.75, 3.05) is 13.7 Å². The quantitative estimate of drug-likeness (QED) is 0.603. The van der Waals surface area contributed by atoms with E-state index in [1.807, 2.05) is 0 Å². The van der Waals surface area contributed by atoms with Gasteiger partial charge in [0.1, 0.15) is 0 Å². The molecule has 0 aliphatic carbocycles. The first-order valence-electron chi connectivity index (χ1n) is 4.55. The summed E-state index contributed by atoms with van der Waals surface area (Å²) in [6.45, 7) is 5.04. The second kappa shape index (κ2) is 4.63. The van der Waals surface area contributed by atoms with E-state index in [-0.39, 0.29) is 6.10 Å². The highest BCUT2D eigenvalue weighted by molar-refractivity contribution is 4.96. The van der Waals surface area contributed by atoms with Crippen LogP contribution in [0, 0.1) is 5.92 Å².